The summed E-state index contributed by atoms with van der Waals surface area (Å²) < 4.78 is 13.3. The second-order valence-corrected chi connectivity index (χ2v) is 13.8. The number of nitrogens with two attached hydrogens (primary N) is 1. The summed E-state index contributed by atoms with van der Waals surface area (Å²) in [7, 11) is -0.590. The van der Waals surface area contributed by atoms with Gasteiger partial charge in [0.2, 0.25) is 11.8 Å². The molecule has 1 heterocycles. The van der Waals surface area contributed by atoms with Gasteiger partial charge in [0, 0.05) is 6.54 Å². The molecule has 1 aromatic rings. The fraction of sp³-hybridized carbons (Fsp3) is 0.710. The van der Waals surface area contributed by atoms with Crippen LogP contribution in [0, 0.1) is 33.3 Å². The predicted molar refractivity (Wildman–Crippen MR) is 169 cm³/mol. The van der Waals surface area contributed by atoms with Crippen LogP contribution in [0.5, 0.6) is 0 Å². The van der Waals surface area contributed by atoms with Gasteiger partial charge >= 0.3 is 7.12 Å². The van der Waals surface area contributed by atoms with E-state index in [4.69, 9.17) is 15.0 Å². The molecule has 3 aliphatic carbocycles. The summed E-state index contributed by atoms with van der Waals surface area (Å²) in [6.45, 7) is 13.1. The Hall–Kier alpha value is -3.19. The summed E-state index contributed by atoms with van der Waals surface area (Å²) in [5.74, 6) is -0.454. The number of nitrogens with zero attached hydrogens (tertiary/aromatic N) is 2. The molecule has 0 unspecified atom stereocenters. The fourth-order valence-electron chi connectivity index (χ4n) is 7.52. The number of hydrogen-bond donors (Lipinski definition) is 4. The predicted octanol–water partition coefficient (Wildman–Crippen LogP) is 3.34. The Labute approximate surface area is 260 Å². The molecule has 0 radical (unpaired) electrons. The Kier molecular flexibility index (Phi) is 10.6. The average molecular weight is 613 g/mol. The Bertz CT molecular complexity index is 1220. The van der Waals surface area contributed by atoms with E-state index in [2.05, 4.69) is 50.2 Å². The largest absolute Gasteiger partial charge is 0.481 e. The van der Waals surface area contributed by atoms with E-state index in [1.807, 2.05) is 42.7 Å². The third-order valence-electron chi connectivity index (χ3n) is 10.0. The highest BCUT2D eigenvalue weighted by molar-refractivity contribution is 6.48. The van der Waals surface area contributed by atoms with Crippen LogP contribution in [-0.4, -0.2) is 60.2 Å². The van der Waals surface area contributed by atoms with Gasteiger partial charge in [0.1, 0.15) is 6.04 Å². The standard InChI is InChI=1S/C31H49BN6O6/c1-7-22(20-12-9-8-10-13-20)27(39)35-23(14-11-15-34-29(33)37-38(41)42)28(40)36-26(16-19(2)3)32-43-25-18-21-17-24(30(21,4)5)31(25,6)44-32/h8-10,12-13,19,21-26H,7,11,14-18H2,1-6H3,(H,35,39)(H,36,40)(H3,33,34,37)/t21-,22-,23-,24-,25+,26-,31-/m0/s1. The van der Waals surface area contributed by atoms with Gasteiger partial charge in [-0.2, -0.15) is 0 Å². The lowest BCUT2D eigenvalue weighted by atomic mass is 9.43. The van der Waals surface area contributed by atoms with Crippen molar-refractivity contribution in [3.63, 3.8) is 0 Å². The van der Waals surface area contributed by atoms with E-state index < -0.39 is 35.7 Å². The third-order valence-corrected chi connectivity index (χ3v) is 10.0. The van der Waals surface area contributed by atoms with Crippen LogP contribution >= 0.6 is 0 Å². The molecule has 7 atom stereocenters. The number of nitrogens with one attached hydrogen (secondary N) is 3. The summed E-state index contributed by atoms with van der Waals surface area (Å²) in [6.07, 6.45) is 3.90. The van der Waals surface area contributed by atoms with Crippen LogP contribution in [0.15, 0.2) is 35.3 Å². The van der Waals surface area contributed by atoms with Crippen LogP contribution < -0.4 is 21.8 Å². The number of carbonyl (C=O) groups is 2. The van der Waals surface area contributed by atoms with Crippen LogP contribution in [0.1, 0.15) is 91.5 Å². The van der Waals surface area contributed by atoms with Gasteiger partial charge in [0.15, 0.2) is 5.03 Å². The number of amides is 2. The molecule has 3 saturated carbocycles. The number of carbonyl (C=O) groups excluding carboxylic acids is 2. The zero-order chi connectivity index (χ0) is 32.2. The van der Waals surface area contributed by atoms with Crippen molar-refractivity contribution in [1.82, 2.24) is 16.1 Å². The Morgan fingerprint density at radius 1 is 1.16 bits per heavy atom. The molecule has 0 aromatic heterocycles. The molecule has 5 rings (SSSR count). The first-order valence-electron chi connectivity index (χ1n) is 16.0. The number of benzene rings is 1. The molecule has 2 bridgehead atoms. The van der Waals surface area contributed by atoms with Crippen LogP contribution in [0.2, 0.25) is 0 Å². The van der Waals surface area contributed by atoms with E-state index in [-0.39, 0.29) is 48.2 Å². The monoisotopic (exact) mass is 612 g/mol. The van der Waals surface area contributed by atoms with Gasteiger partial charge in [-0.05, 0) is 74.2 Å². The van der Waals surface area contributed by atoms with Gasteiger partial charge in [-0.25, -0.2) is 15.1 Å². The minimum Gasteiger partial charge on any atom is -0.404 e. The highest BCUT2D eigenvalue weighted by Gasteiger charge is 2.68. The summed E-state index contributed by atoms with van der Waals surface area (Å²) in [6, 6.07) is 8.62. The molecule has 0 spiro atoms. The third kappa shape index (κ3) is 7.36. The summed E-state index contributed by atoms with van der Waals surface area (Å²) in [5, 5.41) is 16.0. The van der Waals surface area contributed by atoms with Crippen molar-refractivity contribution in [1.29, 1.82) is 0 Å². The average Bonchev–Trinajstić information content (AvgIpc) is 3.32. The summed E-state index contributed by atoms with van der Waals surface area (Å²) >= 11 is 0. The second kappa shape index (κ2) is 13.8. The van der Waals surface area contributed by atoms with Crippen LogP contribution in [0.25, 0.3) is 0 Å². The maximum absolute atomic E-state index is 13.9. The van der Waals surface area contributed by atoms with E-state index in [1.165, 1.54) is 0 Å². The quantitative estimate of drug-likeness (QED) is 0.0619. The summed E-state index contributed by atoms with van der Waals surface area (Å²) in [4.78, 5) is 42.0. The van der Waals surface area contributed by atoms with Gasteiger partial charge in [-0.15, -0.1) is 0 Å². The van der Waals surface area contributed by atoms with Crippen molar-refractivity contribution in [2.24, 2.45) is 33.9 Å². The first-order valence-corrected chi connectivity index (χ1v) is 16.0. The lowest BCUT2D eigenvalue weighted by Gasteiger charge is -2.64. The van der Waals surface area contributed by atoms with E-state index >= 15 is 0 Å². The van der Waals surface area contributed by atoms with E-state index in [9.17, 15) is 19.7 Å². The number of guanidine groups is 1. The minimum atomic E-state index is -0.860. The first-order chi connectivity index (χ1) is 20.8. The van der Waals surface area contributed by atoms with Crippen molar-refractivity contribution in [3.8, 4) is 0 Å². The molecule has 5 N–H and O–H groups in total. The topological polar surface area (TPSA) is 170 Å². The van der Waals surface area contributed by atoms with Gasteiger partial charge in [-0.3, -0.25) is 9.59 Å². The maximum Gasteiger partial charge on any atom is 0.481 e. The van der Waals surface area contributed by atoms with Crippen molar-refractivity contribution < 1.29 is 23.9 Å². The van der Waals surface area contributed by atoms with Crippen molar-refractivity contribution in [2.75, 3.05) is 6.54 Å². The molecule has 1 aliphatic heterocycles. The Morgan fingerprint density at radius 3 is 2.48 bits per heavy atom. The molecule has 1 saturated heterocycles. The molecule has 12 nitrogen and oxygen atoms in total. The number of rotatable bonds is 14. The number of aliphatic imine (C=N–C) groups is 1. The molecular formula is C31H49BN6O6. The second-order valence-electron chi connectivity index (χ2n) is 13.8. The summed E-state index contributed by atoms with van der Waals surface area (Å²) in [5.41, 5.74) is 8.02. The van der Waals surface area contributed by atoms with Crippen molar-refractivity contribution in [3.05, 3.63) is 46.0 Å². The van der Waals surface area contributed by atoms with E-state index in [1.54, 1.807) is 0 Å². The van der Waals surface area contributed by atoms with Gasteiger partial charge in [-0.1, -0.05) is 70.4 Å². The molecule has 4 aliphatic rings. The molecule has 2 amide bonds. The Balaban J connectivity index is 1.49. The highest BCUT2D eigenvalue weighted by Crippen LogP contribution is 2.65. The highest BCUT2D eigenvalue weighted by atomic mass is 16.7. The molecule has 1 aromatic carbocycles. The lowest BCUT2D eigenvalue weighted by molar-refractivity contribution is -0.525. The number of hydrogen-bond acceptors (Lipinski definition) is 7. The molecular weight excluding hydrogens is 563 g/mol. The van der Waals surface area contributed by atoms with Crippen molar-refractivity contribution >= 4 is 24.9 Å². The van der Waals surface area contributed by atoms with Crippen LogP contribution in [0.3, 0.4) is 0 Å². The molecule has 242 valence electrons. The fourth-order valence-corrected chi connectivity index (χ4v) is 7.52. The normalized spacial score (nSPS) is 27.5. The van der Waals surface area contributed by atoms with E-state index in [0.29, 0.717) is 31.1 Å². The first kappa shape index (κ1) is 33.7. The lowest BCUT2D eigenvalue weighted by Crippen LogP contribution is -2.65. The van der Waals surface area contributed by atoms with Gasteiger partial charge in [0.25, 0.3) is 5.96 Å². The van der Waals surface area contributed by atoms with E-state index in [0.717, 1.165) is 18.4 Å². The maximum atomic E-state index is 13.9. The number of hydrazine groups is 1. The molecule has 44 heavy (non-hydrogen) atoms. The van der Waals surface area contributed by atoms with Gasteiger partial charge < -0.3 is 25.7 Å². The molecule has 4 fully saturated rings. The molecule has 13 heteroatoms. The number of nitro groups is 1. The van der Waals surface area contributed by atoms with Gasteiger partial charge in [0.05, 0.1) is 23.6 Å². The zero-order valence-electron chi connectivity index (χ0n) is 26.9. The van der Waals surface area contributed by atoms with Crippen LogP contribution in [0.4, 0.5) is 0 Å². The van der Waals surface area contributed by atoms with Crippen LogP contribution in [-0.2, 0) is 18.9 Å². The minimum absolute atomic E-state index is 0.0152. The SMILES string of the molecule is CC[C@H](C(=O)N[C@@H](CCCN=C(N)N[N+](=O)[O-])C(=O)N[C@@H](CC(C)C)B1O[C@@H]2C[C@@H]3C[C@@H](C3(C)C)[C@]2(C)O1)c1ccccc1. The smallest absolute Gasteiger partial charge is 0.404 e. The van der Waals surface area contributed by atoms with Crippen molar-refractivity contribution in [2.45, 2.75) is 110 Å². The Morgan fingerprint density at radius 2 is 1.86 bits per heavy atom. The zero-order valence-corrected chi connectivity index (χ0v) is 26.9.